The molecule has 0 radical (unpaired) electrons. The summed E-state index contributed by atoms with van der Waals surface area (Å²) in [6.45, 7) is 2.02. The van der Waals surface area contributed by atoms with E-state index in [1.165, 1.54) is 6.92 Å². The average Bonchev–Trinajstić information content (AvgIpc) is 2.11. The first-order chi connectivity index (χ1) is 7.02. The van der Waals surface area contributed by atoms with Crippen LogP contribution in [0.4, 0.5) is 0 Å². The molecule has 6 heteroatoms. The molecule has 0 heterocycles. The van der Waals surface area contributed by atoms with Crippen molar-refractivity contribution in [3.05, 3.63) is 0 Å². The van der Waals surface area contributed by atoms with Gasteiger partial charge in [-0.05, 0) is 6.42 Å². The van der Waals surface area contributed by atoms with Crippen molar-refractivity contribution in [2.75, 3.05) is 13.1 Å². The van der Waals surface area contributed by atoms with Crippen molar-refractivity contribution < 1.29 is 19.5 Å². The number of amides is 2. The Labute approximate surface area is 88.0 Å². The van der Waals surface area contributed by atoms with E-state index in [1.54, 1.807) is 0 Å². The van der Waals surface area contributed by atoms with Crippen LogP contribution in [0.3, 0.4) is 0 Å². The van der Waals surface area contributed by atoms with E-state index in [2.05, 4.69) is 10.6 Å². The van der Waals surface area contributed by atoms with Gasteiger partial charge < -0.3 is 15.7 Å². The molecule has 3 N–H and O–H groups in total. The molecule has 0 spiro atoms. The van der Waals surface area contributed by atoms with E-state index in [1.807, 2.05) is 0 Å². The minimum Gasteiger partial charge on any atom is -0.481 e. The van der Waals surface area contributed by atoms with E-state index in [-0.39, 0.29) is 24.8 Å². The number of carbonyl (C=O) groups is 3. The molecule has 0 aliphatic heterocycles. The molecule has 2 amide bonds. The molecular formula is C9H16N2O4. The van der Waals surface area contributed by atoms with Gasteiger partial charge in [0.25, 0.3) is 0 Å². The van der Waals surface area contributed by atoms with Crippen molar-refractivity contribution >= 4 is 17.8 Å². The van der Waals surface area contributed by atoms with Gasteiger partial charge in [0.1, 0.15) is 0 Å². The van der Waals surface area contributed by atoms with Crippen molar-refractivity contribution in [3.8, 4) is 0 Å². The zero-order valence-electron chi connectivity index (χ0n) is 8.71. The molecule has 0 aliphatic carbocycles. The molecule has 0 saturated carbocycles. The Morgan fingerprint density at radius 3 is 2.27 bits per heavy atom. The second-order valence-corrected chi connectivity index (χ2v) is 3.08. The van der Waals surface area contributed by atoms with Crippen LogP contribution >= 0.6 is 0 Å². The van der Waals surface area contributed by atoms with Gasteiger partial charge in [0.2, 0.25) is 11.8 Å². The molecule has 0 rings (SSSR count). The van der Waals surface area contributed by atoms with Crippen LogP contribution in [0.2, 0.25) is 0 Å². The quantitative estimate of drug-likeness (QED) is 0.499. The van der Waals surface area contributed by atoms with E-state index >= 15 is 0 Å². The van der Waals surface area contributed by atoms with Crippen molar-refractivity contribution in [1.29, 1.82) is 0 Å². The third kappa shape index (κ3) is 10.3. The Hall–Kier alpha value is -1.59. The summed E-state index contributed by atoms with van der Waals surface area (Å²) in [5.74, 6) is -1.25. The summed E-state index contributed by atoms with van der Waals surface area (Å²) in [5.41, 5.74) is 0. The first kappa shape index (κ1) is 13.4. The van der Waals surface area contributed by atoms with Crippen LogP contribution in [0, 0.1) is 0 Å². The van der Waals surface area contributed by atoms with Crippen LogP contribution in [0.5, 0.6) is 0 Å². The molecule has 0 aromatic rings. The van der Waals surface area contributed by atoms with Crippen molar-refractivity contribution in [2.45, 2.75) is 26.2 Å². The number of hydrogen-bond donors (Lipinski definition) is 3. The number of carbonyl (C=O) groups excluding carboxylic acids is 2. The molecule has 15 heavy (non-hydrogen) atoms. The van der Waals surface area contributed by atoms with E-state index < -0.39 is 5.97 Å². The predicted molar refractivity (Wildman–Crippen MR) is 53.2 cm³/mol. The Bertz CT molecular complexity index is 240. The van der Waals surface area contributed by atoms with E-state index in [4.69, 9.17) is 5.11 Å². The normalized spacial score (nSPS) is 9.40. The maximum absolute atomic E-state index is 11.1. The van der Waals surface area contributed by atoms with Gasteiger partial charge in [-0.15, -0.1) is 0 Å². The van der Waals surface area contributed by atoms with Gasteiger partial charge in [-0.25, -0.2) is 0 Å². The molecule has 0 aliphatic rings. The SMILES string of the molecule is CC(=O)NCCCC(=O)NCCC(=O)O. The fourth-order valence-corrected chi connectivity index (χ4v) is 0.911. The number of aliphatic carboxylic acids is 1. The van der Waals surface area contributed by atoms with Gasteiger partial charge >= 0.3 is 5.97 Å². The fourth-order valence-electron chi connectivity index (χ4n) is 0.911. The average molecular weight is 216 g/mol. The maximum atomic E-state index is 11.1. The largest absolute Gasteiger partial charge is 0.481 e. The zero-order valence-corrected chi connectivity index (χ0v) is 8.71. The number of nitrogens with one attached hydrogen (secondary N) is 2. The highest BCUT2D eigenvalue weighted by atomic mass is 16.4. The first-order valence-electron chi connectivity index (χ1n) is 4.75. The van der Waals surface area contributed by atoms with Gasteiger partial charge in [-0.3, -0.25) is 14.4 Å². The van der Waals surface area contributed by atoms with Crippen LogP contribution in [-0.2, 0) is 14.4 Å². The lowest BCUT2D eigenvalue weighted by Crippen LogP contribution is -2.27. The Morgan fingerprint density at radius 2 is 1.73 bits per heavy atom. The third-order valence-electron chi connectivity index (χ3n) is 1.62. The van der Waals surface area contributed by atoms with Gasteiger partial charge in [-0.2, -0.15) is 0 Å². The molecule has 0 aromatic heterocycles. The molecule has 0 aromatic carbocycles. The van der Waals surface area contributed by atoms with Crippen molar-refractivity contribution in [1.82, 2.24) is 10.6 Å². The van der Waals surface area contributed by atoms with E-state index in [0.29, 0.717) is 19.4 Å². The van der Waals surface area contributed by atoms with Crippen LogP contribution in [0.15, 0.2) is 0 Å². The highest BCUT2D eigenvalue weighted by Gasteiger charge is 2.02. The molecule has 0 atom stereocenters. The van der Waals surface area contributed by atoms with Gasteiger partial charge in [-0.1, -0.05) is 0 Å². The Morgan fingerprint density at radius 1 is 1.07 bits per heavy atom. The van der Waals surface area contributed by atoms with Crippen LogP contribution in [0.25, 0.3) is 0 Å². The Balaban J connectivity index is 3.33. The lowest BCUT2D eigenvalue weighted by Gasteiger charge is -2.03. The molecular weight excluding hydrogens is 200 g/mol. The summed E-state index contributed by atoms with van der Waals surface area (Å²) in [6, 6.07) is 0. The summed E-state index contributed by atoms with van der Waals surface area (Å²) < 4.78 is 0. The summed E-state index contributed by atoms with van der Waals surface area (Å²) in [4.78, 5) is 31.6. The highest BCUT2D eigenvalue weighted by Crippen LogP contribution is 1.87. The summed E-state index contributed by atoms with van der Waals surface area (Å²) >= 11 is 0. The molecule has 0 saturated heterocycles. The topological polar surface area (TPSA) is 95.5 Å². The lowest BCUT2D eigenvalue weighted by molar-refractivity contribution is -0.137. The summed E-state index contributed by atoms with van der Waals surface area (Å²) in [7, 11) is 0. The lowest BCUT2D eigenvalue weighted by atomic mass is 10.3. The van der Waals surface area contributed by atoms with Gasteiger partial charge in [0, 0.05) is 26.4 Å². The smallest absolute Gasteiger partial charge is 0.305 e. The second-order valence-electron chi connectivity index (χ2n) is 3.08. The van der Waals surface area contributed by atoms with Gasteiger partial charge in [0.05, 0.1) is 6.42 Å². The van der Waals surface area contributed by atoms with Crippen LogP contribution in [0.1, 0.15) is 26.2 Å². The third-order valence-corrected chi connectivity index (χ3v) is 1.62. The van der Waals surface area contributed by atoms with Crippen LogP contribution < -0.4 is 10.6 Å². The molecule has 6 nitrogen and oxygen atoms in total. The van der Waals surface area contributed by atoms with Crippen molar-refractivity contribution in [3.63, 3.8) is 0 Å². The predicted octanol–water partition coefficient (Wildman–Crippen LogP) is -0.506. The number of carboxylic acid groups (broad SMARTS) is 1. The summed E-state index contributed by atoms with van der Waals surface area (Å²) in [6.07, 6.45) is 0.774. The zero-order chi connectivity index (χ0) is 11.7. The number of hydrogen-bond acceptors (Lipinski definition) is 3. The molecule has 0 bridgehead atoms. The number of carboxylic acids is 1. The van der Waals surface area contributed by atoms with Gasteiger partial charge in [0.15, 0.2) is 0 Å². The fraction of sp³-hybridized carbons (Fsp3) is 0.667. The minimum absolute atomic E-state index is 0.0720. The molecule has 86 valence electrons. The first-order valence-corrected chi connectivity index (χ1v) is 4.75. The van der Waals surface area contributed by atoms with E-state index in [0.717, 1.165) is 0 Å². The van der Waals surface area contributed by atoms with Crippen LogP contribution in [-0.4, -0.2) is 36.0 Å². The van der Waals surface area contributed by atoms with Crippen molar-refractivity contribution in [2.24, 2.45) is 0 Å². The van der Waals surface area contributed by atoms with E-state index in [9.17, 15) is 14.4 Å². The summed E-state index contributed by atoms with van der Waals surface area (Å²) in [5, 5.41) is 13.3. The molecule has 0 fully saturated rings. The maximum Gasteiger partial charge on any atom is 0.305 e. The molecule has 0 unspecified atom stereocenters. The standard InChI is InChI=1S/C9H16N2O4/c1-7(12)10-5-2-3-8(13)11-6-4-9(14)15/h2-6H2,1H3,(H,10,12)(H,11,13)(H,14,15). The minimum atomic E-state index is -0.937. The Kier molecular flexibility index (Phi) is 6.96. The highest BCUT2D eigenvalue weighted by molar-refractivity contribution is 5.77. The number of rotatable bonds is 7. The monoisotopic (exact) mass is 216 g/mol. The second kappa shape index (κ2) is 7.78.